The Balaban J connectivity index is 0. The molecule has 0 heterocycles. The first-order valence-electron chi connectivity index (χ1n) is 1.56. The number of aliphatic hydroxyl groups is 2. The van der Waals surface area contributed by atoms with Crippen LogP contribution in [0.4, 0.5) is 0 Å². The summed E-state index contributed by atoms with van der Waals surface area (Å²) < 4.78 is 0. The zero-order valence-electron chi connectivity index (χ0n) is 3.68. The Hall–Kier alpha value is -0.120. The van der Waals surface area contributed by atoms with Crippen molar-refractivity contribution in [1.29, 1.82) is 0 Å². The highest BCUT2D eigenvalue weighted by Crippen LogP contribution is 1.68. The molecule has 3 nitrogen and oxygen atoms in total. The lowest BCUT2D eigenvalue weighted by atomic mass is 10.5. The summed E-state index contributed by atoms with van der Waals surface area (Å²) in [4.78, 5) is 0. The average Bonchev–Trinajstić information content (AvgIpc) is 1.38. The van der Waals surface area contributed by atoms with Gasteiger partial charge in [-0.2, -0.15) is 0 Å². The normalized spacial score (nSPS) is 12.5. The van der Waals surface area contributed by atoms with Crippen molar-refractivity contribution in [1.82, 2.24) is 0 Å². The summed E-state index contributed by atoms with van der Waals surface area (Å²) in [6.45, 7) is 1.39. The molecule has 0 aliphatic heterocycles. The predicted molar refractivity (Wildman–Crippen MR) is 22.4 cm³/mol. The smallest absolute Gasteiger partial charge is 0.0742 e. The molecule has 0 saturated heterocycles. The van der Waals surface area contributed by atoms with Gasteiger partial charge < -0.3 is 15.7 Å². The van der Waals surface area contributed by atoms with Crippen molar-refractivity contribution in [2.24, 2.45) is 0 Å². The van der Waals surface area contributed by atoms with Crippen LogP contribution in [0.5, 0.6) is 0 Å². The minimum Gasteiger partial charge on any atom is -0.412 e. The minimum atomic E-state index is -0.560. The van der Waals surface area contributed by atoms with E-state index in [1.165, 1.54) is 6.92 Å². The van der Waals surface area contributed by atoms with E-state index >= 15 is 0 Å². The van der Waals surface area contributed by atoms with Crippen molar-refractivity contribution >= 4 is 0 Å². The first-order valence-corrected chi connectivity index (χ1v) is 1.56. The van der Waals surface area contributed by atoms with Crippen LogP contribution in [-0.2, 0) is 0 Å². The fourth-order valence-corrected chi connectivity index (χ4v) is 0. The summed E-state index contributed by atoms with van der Waals surface area (Å²) in [6, 6.07) is 0. The van der Waals surface area contributed by atoms with E-state index in [2.05, 4.69) is 0 Å². The van der Waals surface area contributed by atoms with Crippen LogP contribution in [0, 0.1) is 0 Å². The van der Waals surface area contributed by atoms with Gasteiger partial charge in [-0.05, 0) is 6.92 Å². The molecular formula is C3H10O3. The Morgan fingerprint density at radius 1 is 1.67 bits per heavy atom. The third kappa shape index (κ3) is 9.11. The zero-order chi connectivity index (χ0) is 4.28. The molecular weight excluding hydrogens is 84.0 g/mol. The Labute approximate surface area is 36.5 Å². The second-order valence-corrected chi connectivity index (χ2v) is 1.03. The summed E-state index contributed by atoms with van der Waals surface area (Å²) in [5.74, 6) is 0. The van der Waals surface area contributed by atoms with Crippen molar-refractivity contribution in [2.75, 3.05) is 6.61 Å². The van der Waals surface area contributed by atoms with Crippen LogP contribution in [0.15, 0.2) is 0 Å². The van der Waals surface area contributed by atoms with Crippen molar-refractivity contribution in [3.8, 4) is 0 Å². The third-order valence-corrected chi connectivity index (χ3v) is 0.264. The van der Waals surface area contributed by atoms with Gasteiger partial charge >= 0.3 is 0 Å². The Morgan fingerprint density at radius 2 is 1.83 bits per heavy atom. The summed E-state index contributed by atoms with van der Waals surface area (Å²) in [7, 11) is 0. The summed E-state index contributed by atoms with van der Waals surface area (Å²) in [5, 5.41) is 16.0. The maximum atomic E-state index is 8.11. The fourth-order valence-electron chi connectivity index (χ4n) is 0. The average molecular weight is 94.1 g/mol. The van der Waals surface area contributed by atoms with Crippen molar-refractivity contribution in [3.05, 3.63) is 0 Å². The monoisotopic (exact) mass is 94.1 g/mol. The Bertz CT molecular complexity index is 20.0. The molecule has 0 saturated carbocycles. The van der Waals surface area contributed by atoms with Gasteiger partial charge in [0.15, 0.2) is 0 Å². The van der Waals surface area contributed by atoms with Crippen molar-refractivity contribution < 1.29 is 15.7 Å². The standard InChI is InChI=1S/C3H8O2.H2O/c1-3(5)2-4;/h3-5H,2H2,1H3;1H2. The summed E-state index contributed by atoms with van der Waals surface area (Å²) in [6.07, 6.45) is -0.560. The maximum absolute atomic E-state index is 8.11. The van der Waals surface area contributed by atoms with Crippen molar-refractivity contribution in [3.63, 3.8) is 0 Å². The minimum absolute atomic E-state index is 0. The number of hydrogen-bond donors (Lipinski definition) is 2. The molecule has 4 N–H and O–H groups in total. The lowest BCUT2D eigenvalue weighted by molar-refractivity contribution is 0.110. The molecule has 0 radical (unpaired) electrons. The van der Waals surface area contributed by atoms with Gasteiger partial charge in [0.2, 0.25) is 0 Å². The molecule has 0 aliphatic carbocycles. The van der Waals surface area contributed by atoms with Gasteiger partial charge in [0, 0.05) is 0 Å². The second kappa shape index (κ2) is 4.88. The van der Waals surface area contributed by atoms with Gasteiger partial charge in [0.1, 0.15) is 0 Å². The molecule has 0 bridgehead atoms. The van der Waals surface area contributed by atoms with Crippen LogP contribution in [0.25, 0.3) is 0 Å². The van der Waals surface area contributed by atoms with Crippen LogP contribution in [0.1, 0.15) is 6.92 Å². The highest BCUT2D eigenvalue weighted by atomic mass is 16.3. The lowest BCUT2D eigenvalue weighted by Gasteiger charge is -1.90. The van der Waals surface area contributed by atoms with E-state index in [9.17, 15) is 0 Å². The van der Waals surface area contributed by atoms with Crippen molar-refractivity contribution in [2.45, 2.75) is 13.0 Å². The highest BCUT2D eigenvalue weighted by molar-refractivity contribution is 4.33. The van der Waals surface area contributed by atoms with Gasteiger partial charge in [-0.3, -0.25) is 0 Å². The molecule has 0 aromatic rings. The second-order valence-electron chi connectivity index (χ2n) is 1.03. The van der Waals surface area contributed by atoms with Gasteiger partial charge in [-0.25, -0.2) is 0 Å². The molecule has 0 amide bonds. The number of aliphatic hydroxyl groups excluding tert-OH is 2. The van der Waals surface area contributed by atoms with Gasteiger partial charge in [0.05, 0.1) is 12.7 Å². The predicted octanol–water partition coefficient (Wildman–Crippen LogP) is -1.47. The van der Waals surface area contributed by atoms with E-state index in [0.29, 0.717) is 0 Å². The zero-order valence-corrected chi connectivity index (χ0v) is 3.68. The Kier molecular flexibility index (Phi) is 7.57. The SMILES string of the molecule is CC(O)CO.O. The molecule has 0 aromatic heterocycles. The van der Waals surface area contributed by atoms with E-state index in [4.69, 9.17) is 10.2 Å². The molecule has 3 heteroatoms. The Morgan fingerprint density at radius 3 is 1.83 bits per heavy atom. The number of hydrogen-bond acceptors (Lipinski definition) is 2. The van der Waals surface area contributed by atoms with Gasteiger partial charge in [0.25, 0.3) is 0 Å². The molecule has 0 rings (SSSR count). The first-order chi connectivity index (χ1) is 2.27. The lowest BCUT2D eigenvalue weighted by Crippen LogP contribution is -2.03. The molecule has 6 heavy (non-hydrogen) atoms. The molecule has 0 fully saturated rings. The molecule has 0 aliphatic rings. The molecule has 1 atom stereocenters. The third-order valence-electron chi connectivity index (χ3n) is 0.264. The fraction of sp³-hybridized carbons (Fsp3) is 1.00. The van der Waals surface area contributed by atoms with Crippen LogP contribution in [-0.4, -0.2) is 28.4 Å². The van der Waals surface area contributed by atoms with Crippen LogP contribution < -0.4 is 0 Å². The highest BCUT2D eigenvalue weighted by Gasteiger charge is 1.83. The van der Waals surface area contributed by atoms with E-state index in [1.807, 2.05) is 0 Å². The number of rotatable bonds is 1. The molecule has 0 spiro atoms. The summed E-state index contributed by atoms with van der Waals surface area (Å²) >= 11 is 0. The molecule has 1 unspecified atom stereocenters. The molecule has 0 aromatic carbocycles. The van der Waals surface area contributed by atoms with Crippen LogP contribution in [0.3, 0.4) is 0 Å². The van der Waals surface area contributed by atoms with E-state index in [-0.39, 0.29) is 12.1 Å². The van der Waals surface area contributed by atoms with E-state index < -0.39 is 6.10 Å². The van der Waals surface area contributed by atoms with Crippen LogP contribution >= 0.6 is 0 Å². The van der Waals surface area contributed by atoms with Crippen LogP contribution in [0.2, 0.25) is 0 Å². The quantitative estimate of drug-likeness (QED) is 0.416. The maximum Gasteiger partial charge on any atom is 0.0742 e. The molecule has 40 valence electrons. The van der Waals surface area contributed by atoms with Gasteiger partial charge in [-0.1, -0.05) is 0 Å². The summed E-state index contributed by atoms with van der Waals surface area (Å²) in [5.41, 5.74) is 0. The first kappa shape index (κ1) is 9.30. The largest absolute Gasteiger partial charge is 0.412 e. The van der Waals surface area contributed by atoms with Gasteiger partial charge in [-0.15, -0.1) is 0 Å². The van der Waals surface area contributed by atoms with E-state index in [1.54, 1.807) is 0 Å². The van der Waals surface area contributed by atoms with E-state index in [0.717, 1.165) is 0 Å². The topological polar surface area (TPSA) is 72.0 Å².